The van der Waals surface area contributed by atoms with Gasteiger partial charge >= 0.3 is 0 Å². The molecular formula is C14H19Cl2NO2. The van der Waals surface area contributed by atoms with Crippen molar-refractivity contribution in [3.8, 4) is 0 Å². The Morgan fingerprint density at radius 3 is 2.89 bits per heavy atom. The van der Waals surface area contributed by atoms with Gasteiger partial charge in [-0.1, -0.05) is 23.2 Å². The summed E-state index contributed by atoms with van der Waals surface area (Å²) in [7, 11) is 0. The molecule has 19 heavy (non-hydrogen) atoms. The molecule has 2 N–H and O–H groups in total. The number of aliphatic hydroxyl groups is 1. The minimum absolute atomic E-state index is 0.0167. The quantitative estimate of drug-likeness (QED) is 0.897. The first-order chi connectivity index (χ1) is 8.92. The molecule has 2 rings (SSSR count). The first-order valence-electron chi connectivity index (χ1n) is 6.45. The maximum atomic E-state index is 10.4. The summed E-state index contributed by atoms with van der Waals surface area (Å²) in [4.78, 5) is 0. The number of hydrogen-bond acceptors (Lipinski definition) is 3. The molecule has 106 valence electrons. The molecule has 0 amide bonds. The Kier molecular flexibility index (Phi) is 4.75. The number of rotatable bonds is 4. The zero-order valence-corrected chi connectivity index (χ0v) is 12.6. The van der Waals surface area contributed by atoms with E-state index >= 15 is 0 Å². The maximum absolute atomic E-state index is 10.4. The van der Waals surface area contributed by atoms with Gasteiger partial charge in [0.15, 0.2) is 0 Å². The van der Waals surface area contributed by atoms with Crippen molar-refractivity contribution in [2.24, 2.45) is 0 Å². The van der Waals surface area contributed by atoms with Crippen LogP contribution in [0.15, 0.2) is 18.2 Å². The van der Waals surface area contributed by atoms with E-state index in [-0.39, 0.29) is 12.1 Å². The molecule has 3 atom stereocenters. The monoisotopic (exact) mass is 303 g/mol. The van der Waals surface area contributed by atoms with Crippen molar-refractivity contribution in [2.45, 2.75) is 38.0 Å². The lowest BCUT2D eigenvalue weighted by molar-refractivity contribution is -0.0274. The summed E-state index contributed by atoms with van der Waals surface area (Å²) in [5, 5.41) is 15.1. The SMILES string of the molecule is CC(NCC1(O)CCOC1C)c1cc(Cl)ccc1Cl. The Hall–Kier alpha value is -0.320. The second-order valence-corrected chi connectivity index (χ2v) is 5.98. The molecule has 1 fully saturated rings. The van der Waals surface area contributed by atoms with Crippen LogP contribution in [0.5, 0.6) is 0 Å². The van der Waals surface area contributed by atoms with E-state index in [0.29, 0.717) is 29.6 Å². The van der Waals surface area contributed by atoms with E-state index in [1.54, 1.807) is 12.1 Å². The van der Waals surface area contributed by atoms with E-state index in [0.717, 1.165) is 5.56 Å². The van der Waals surface area contributed by atoms with Crippen LogP contribution in [0.3, 0.4) is 0 Å². The van der Waals surface area contributed by atoms with Gasteiger partial charge in [0.25, 0.3) is 0 Å². The number of nitrogens with one attached hydrogen (secondary N) is 1. The predicted molar refractivity (Wildman–Crippen MR) is 77.9 cm³/mol. The fraction of sp³-hybridized carbons (Fsp3) is 0.571. The molecule has 1 aromatic rings. The number of benzene rings is 1. The van der Waals surface area contributed by atoms with Gasteiger partial charge in [-0.15, -0.1) is 0 Å². The fourth-order valence-electron chi connectivity index (χ4n) is 2.29. The summed E-state index contributed by atoms with van der Waals surface area (Å²) in [6.07, 6.45) is 0.499. The molecule has 0 aliphatic carbocycles. The molecule has 0 aromatic heterocycles. The molecule has 3 unspecified atom stereocenters. The second kappa shape index (κ2) is 5.98. The van der Waals surface area contributed by atoms with E-state index in [4.69, 9.17) is 27.9 Å². The molecule has 5 heteroatoms. The standard InChI is InChI=1S/C14H19Cl2NO2/c1-9(12-7-11(15)3-4-13(12)16)17-8-14(18)5-6-19-10(14)2/h3-4,7,9-10,17-18H,5-6,8H2,1-2H3. The molecule has 0 spiro atoms. The van der Waals surface area contributed by atoms with Crippen molar-refractivity contribution < 1.29 is 9.84 Å². The van der Waals surface area contributed by atoms with Crippen LogP contribution in [0.25, 0.3) is 0 Å². The predicted octanol–water partition coefficient (Wildman–Crippen LogP) is 3.18. The van der Waals surface area contributed by atoms with Crippen LogP contribution >= 0.6 is 23.2 Å². The van der Waals surface area contributed by atoms with E-state index in [1.165, 1.54) is 0 Å². The Bertz CT molecular complexity index is 455. The fourth-order valence-corrected chi connectivity index (χ4v) is 2.75. The maximum Gasteiger partial charge on any atom is 0.105 e. The van der Waals surface area contributed by atoms with Crippen LogP contribution in [0.2, 0.25) is 10.0 Å². The highest BCUT2D eigenvalue weighted by molar-refractivity contribution is 6.33. The molecule has 0 radical (unpaired) electrons. The highest BCUT2D eigenvalue weighted by Gasteiger charge is 2.39. The Morgan fingerprint density at radius 2 is 2.26 bits per heavy atom. The summed E-state index contributed by atoms with van der Waals surface area (Å²) >= 11 is 12.1. The highest BCUT2D eigenvalue weighted by atomic mass is 35.5. The van der Waals surface area contributed by atoms with Gasteiger partial charge in [-0.3, -0.25) is 0 Å². The Morgan fingerprint density at radius 1 is 1.53 bits per heavy atom. The van der Waals surface area contributed by atoms with Crippen LogP contribution in [-0.4, -0.2) is 30.0 Å². The van der Waals surface area contributed by atoms with Gasteiger partial charge in [-0.05, 0) is 37.6 Å². The first-order valence-corrected chi connectivity index (χ1v) is 7.20. The molecule has 1 aromatic carbocycles. The molecule has 0 bridgehead atoms. The normalized spacial score (nSPS) is 28.6. The van der Waals surface area contributed by atoms with Gasteiger partial charge in [0.2, 0.25) is 0 Å². The molecule has 1 heterocycles. The third kappa shape index (κ3) is 3.41. The zero-order valence-electron chi connectivity index (χ0n) is 11.1. The van der Waals surface area contributed by atoms with Crippen LogP contribution < -0.4 is 5.32 Å². The average Bonchev–Trinajstić information content (AvgIpc) is 2.70. The average molecular weight is 304 g/mol. The zero-order chi connectivity index (χ0) is 14.0. The summed E-state index contributed by atoms with van der Waals surface area (Å²) in [5.74, 6) is 0. The van der Waals surface area contributed by atoms with Gasteiger partial charge in [-0.2, -0.15) is 0 Å². The first kappa shape index (κ1) is 15.1. The number of hydrogen-bond donors (Lipinski definition) is 2. The van der Waals surface area contributed by atoms with Gasteiger partial charge in [-0.25, -0.2) is 0 Å². The van der Waals surface area contributed by atoms with E-state index in [2.05, 4.69) is 5.32 Å². The van der Waals surface area contributed by atoms with E-state index in [9.17, 15) is 5.11 Å². The van der Waals surface area contributed by atoms with Gasteiger partial charge in [0.05, 0.1) is 6.10 Å². The van der Waals surface area contributed by atoms with Crippen molar-refractivity contribution >= 4 is 23.2 Å². The van der Waals surface area contributed by atoms with Crippen molar-refractivity contribution in [3.05, 3.63) is 33.8 Å². The van der Waals surface area contributed by atoms with E-state index in [1.807, 2.05) is 19.9 Å². The number of halogens is 2. The smallest absolute Gasteiger partial charge is 0.105 e. The molecular weight excluding hydrogens is 285 g/mol. The Labute approximate surface area is 123 Å². The van der Waals surface area contributed by atoms with Crippen molar-refractivity contribution in [3.63, 3.8) is 0 Å². The van der Waals surface area contributed by atoms with Gasteiger partial charge in [0, 0.05) is 35.7 Å². The summed E-state index contributed by atoms with van der Waals surface area (Å²) in [5.41, 5.74) is 0.128. The van der Waals surface area contributed by atoms with Crippen molar-refractivity contribution in [1.82, 2.24) is 5.32 Å². The third-order valence-electron chi connectivity index (χ3n) is 3.80. The second-order valence-electron chi connectivity index (χ2n) is 5.14. The summed E-state index contributed by atoms with van der Waals surface area (Å²) in [6, 6.07) is 5.41. The topological polar surface area (TPSA) is 41.5 Å². The van der Waals surface area contributed by atoms with Crippen molar-refractivity contribution in [2.75, 3.05) is 13.2 Å². The minimum atomic E-state index is -0.806. The summed E-state index contributed by atoms with van der Waals surface area (Å²) in [6.45, 7) is 4.97. The van der Waals surface area contributed by atoms with Crippen LogP contribution in [0.1, 0.15) is 31.9 Å². The molecule has 1 aliphatic rings. The number of ether oxygens (including phenoxy) is 1. The van der Waals surface area contributed by atoms with Crippen LogP contribution in [0.4, 0.5) is 0 Å². The lowest BCUT2D eigenvalue weighted by Crippen LogP contribution is -2.46. The van der Waals surface area contributed by atoms with Gasteiger partial charge in [0.1, 0.15) is 5.60 Å². The summed E-state index contributed by atoms with van der Waals surface area (Å²) < 4.78 is 5.41. The third-order valence-corrected chi connectivity index (χ3v) is 4.38. The molecule has 3 nitrogen and oxygen atoms in total. The molecule has 1 aliphatic heterocycles. The minimum Gasteiger partial charge on any atom is -0.386 e. The van der Waals surface area contributed by atoms with Gasteiger partial charge < -0.3 is 15.2 Å². The van der Waals surface area contributed by atoms with E-state index < -0.39 is 5.60 Å². The lowest BCUT2D eigenvalue weighted by atomic mass is 9.96. The van der Waals surface area contributed by atoms with Crippen LogP contribution in [0, 0.1) is 0 Å². The van der Waals surface area contributed by atoms with Crippen molar-refractivity contribution in [1.29, 1.82) is 0 Å². The molecule has 0 saturated carbocycles. The lowest BCUT2D eigenvalue weighted by Gasteiger charge is -2.28. The molecule has 1 saturated heterocycles. The Balaban J connectivity index is 2.01. The van der Waals surface area contributed by atoms with Crippen LogP contribution in [-0.2, 0) is 4.74 Å². The highest BCUT2D eigenvalue weighted by Crippen LogP contribution is 2.28. The largest absolute Gasteiger partial charge is 0.386 e.